The SMILES string of the molecule is CCOc1ccc(CN2CCC3(CCCn4cc(nn4)COc4ccccc4CNC3=O)CC2)cc1. The minimum atomic E-state index is -0.376. The number of hydrogen-bond donors (Lipinski definition) is 1. The quantitative estimate of drug-likeness (QED) is 0.598. The number of fused-ring (bicyclic) bond motifs is 3. The molecule has 2 bridgehead atoms. The van der Waals surface area contributed by atoms with Crippen LogP contribution in [0.1, 0.15) is 49.4 Å². The maximum Gasteiger partial charge on any atom is 0.226 e. The molecule has 0 saturated carbocycles. The van der Waals surface area contributed by atoms with Crippen molar-refractivity contribution in [3.63, 3.8) is 0 Å². The third-order valence-electron chi connectivity index (χ3n) is 7.35. The summed E-state index contributed by atoms with van der Waals surface area (Å²) in [6.07, 6.45) is 5.35. The Hall–Kier alpha value is -3.39. The first kappa shape index (κ1) is 24.3. The van der Waals surface area contributed by atoms with Crippen LogP contribution in [0.15, 0.2) is 54.7 Å². The number of para-hydroxylation sites is 1. The number of carbonyl (C=O) groups is 1. The molecule has 2 aliphatic rings. The van der Waals surface area contributed by atoms with E-state index in [9.17, 15) is 4.79 Å². The Kier molecular flexibility index (Phi) is 7.51. The zero-order valence-electron chi connectivity index (χ0n) is 21.0. The second kappa shape index (κ2) is 11.1. The molecular formula is C28H35N5O3. The highest BCUT2D eigenvalue weighted by molar-refractivity contribution is 5.82. The molecule has 5 rings (SSSR count). The lowest BCUT2D eigenvalue weighted by molar-refractivity contribution is -0.135. The molecule has 3 heterocycles. The third kappa shape index (κ3) is 5.70. The summed E-state index contributed by atoms with van der Waals surface area (Å²) in [5.41, 5.74) is 2.67. The molecule has 0 aliphatic carbocycles. The standard InChI is InChI=1S/C28H35N5O3/c1-2-35-25-10-8-22(9-11-25)19-32-16-13-28(14-17-32)12-5-15-33-20-24(30-31-33)21-36-26-7-4-3-6-23(26)18-29-27(28)34/h3-4,6-11,20H,2,5,12-19,21H2,1H3,(H,29,34). The predicted octanol–water partition coefficient (Wildman–Crippen LogP) is 3.95. The minimum absolute atomic E-state index is 0.148. The zero-order valence-corrected chi connectivity index (χ0v) is 21.0. The fourth-order valence-corrected chi connectivity index (χ4v) is 5.24. The van der Waals surface area contributed by atoms with Gasteiger partial charge < -0.3 is 14.8 Å². The highest BCUT2D eigenvalue weighted by Gasteiger charge is 2.40. The van der Waals surface area contributed by atoms with Gasteiger partial charge in [-0.3, -0.25) is 14.4 Å². The summed E-state index contributed by atoms with van der Waals surface area (Å²) in [5, 5.41) is 11.8. The van der Waals surface area contributed by atoms with E-state index in [1.54, 1.807) is 0 Å². The van der Waals surface area contributed by atoms with Crippen LogP contribution in [0.2, 0.25) is 0 Å². The van der Waals surface area contributed by atoms with Gasteiger partial charge in [0, 0.05) is 25.2 Å². The van der Waals surface area contributed by atoms with Crippen LogP contribution in [0.5, 0.6) is 11.5 Å². The summed E-state index contributed by atoms with van der Waals surface area (Å²) in [5.74, 6) is 1.82. The molecule has 1 spiro atoms. The van der Waals surface area contributed by atoms with Gasteiger partial charge in [0.05, 0.1) is 18.2 Å². The number of likely N-dealkylation sites (tertiary alicyclic amines) is 1. The molecule has 2 aromatic carbocycles. The van der Waals surface area contributed by atoms with Gasteiger partial charge in [-0.2, -0.15) is 0 Å². The van der Waals surface area contributed by atoms with Gasteiger partial charge in [0.25, 0.3) is 0 Å². The molecule has 1 saturated heterocycles. The van der Waals surface area contributed by atoms with Crippen LogP contribution in [-0.2, 0) is 31.0 Å². The Balaban J connectivity index is 1.28. The van der Waals surface area contributed by atoms with Gasteiger partial charge in [0.15, 0.2) is 0 Å². The van der Waals surface area contributed by atoms with Crippen LogP contribution in [0.4, 0.5) is 0 Å². The van der Waals surface area contributed by atoms with Crippen LogP contribution >= 0.6 is 0 Å². The molecule has 2 aliphatic heterocycles. The van der Waals surface area contributed by atoms with Crippen LogP contribution in [0.3, 0.4) is 0 Å². The first-order valence-electron chi connectivity index (χ1n) is 13.0. The summed E-state index contributed by atoms with van der Waals surface area (Å²) in [6, 6.07) is 16.2. The fraction of sp³-hybridized carbons (Fsp3) is 0.464. The highest BCUT2D eigenvalue weighted by atomic mass is 16.5. The summed E-state index contributed by atoms with van der Waals surface area (Å²) < 4.78 is 13.4. The minimum Gasteiger partial charge on any atom is -0.494 e. The fourth-order valence-electron chi connectivity index (χ4n) is 5.24. The molecule has 0 atom stereocenters. The molecule has 3 aromatic rings. The molecule has 36 heavy (non-hydrogen) atoms. The van der Waals surface area contributed by atoms with Gasteiger partial charge in [-0.05, 0) is 69.5 Å². The number of piperidine rings is 1. The second-order valence-electron chi connectivity index (χ2n) is 9.79. The van der Waals surface area contributed by atoms with Crippen LogP contribution in [0, 0.1) is 5.41 Å². The highest BCUT2D eigenvalue weighted by Crippen LogP contribution is 2.37. The summed E-state index contributed by atoms with van der Waals surface area (Å²) in [4.78, 5) is 16.1. The number of nitrogens with zero attached hydrogens (tertiary/aromatic N) is 4. The average molecular weight is 490 g/mol. The van der Waals surface area contributed by atoms with E-state index >= 15 is 0 Å². The zero-order chi connectivity index (χ0) is 24.8. The molecule has 1 N–H and O–H groups in total. The molecule has 0 radical (unpaired) electrons. The smallest absolute Gasteiger partial charge is 0.226 e. The van der Waals surface area contributed by atoms with E-state index < -0.39 is 0 Å². The van der Waals surface area contributed by atoms with Crippen molar-refractivity contribution in [2.45, 2.75) is 58.8 Å². The monoisotopic (exact) mass is 489 g/mol. The lowest BCUT2D eigenvalue weighted by Crippen LogP contribution is -2.48. The van der Waals surface area contributed by atoms with Crippen molar-refractivity contribution in [3.8, 4) is 11.5 Å². The second-order valence-corrected chi connectivity index (χ2v) is 9.79. The number of carbonyl (C=O) groups excluding carboxylic acids is 1. The molecule has 1 amide bonds. The van der Waals surface area contributed by atoms with Crippen molar-refractivity contribution in [2.24, 2.45) is 5.41 Å². The molecule has 8 nitrogen and oxygen atoms in total. The van der Waals surface area contributed by atoms with Gasteiger partial charge in [-0.1, -0.05) is 35.5 Å². The molecule has 0 unspecified atom stereocenters. The number of ether oxygens (including phenoxy) is 2. The average Bonchev–Trinajstić information content (AvgIpc) is 3.36. The Bertz CT molecular complexity index is 1150. The summed E-state index contributed by atoms with van der Waals surface area (Å²) >= 11 is 0. The third-order valence-corrected chi connectivity index (χ3v) is 7.35. The first-order valence-corrected chi connectivity index (χ1v) is 13.0. The van der Waals surface area contributed by atoms with Crippen molar-refractivity contribution < 1.29 is 14.3 Å². The van der Waals surface area contributed by atoms with E-state index in [0.29, 0.717) is 19.8 Å². The molecule has 190 valence electrons. The number of nitrogens with one attached hydrogen (secondary N) is 1. The van der Waals surface area contributed by atoms with E-state index in [-0.39, 0.29) is 11.3 Å². The lowest BCUT2D eigenvalue weighted by Gasteiger charge is -2.41. The number of amides is 1. The number of benzene rings is 2. The van der Waals surface area contributed by atoms with E-state index in [1.165, 1.54) is 5.56 Å². The van der Waals surface area contributed by atoms with E-state index in [1.807, 2.05) is 54.2 Å². The van der Waals surface area contributed by atoms with Gasteiger partial charge in [0.2, 0.25) is 5.91 Å². The van der Waals surface area contributed by atoms with Crippen LogP contribution in [-0.4, -0.2) is 45.5 Å². The van der Waals surface area contributed by atoms with Gasteiger partial charge in [-0.15, -0.1) is 5.10 Å². The van der Waals surface area contributed by atoms with Crippen LogP contribution in [0.25, 0.3) is 0 Å². The van der Waals surface area contributed by atoms with Gasteiger partial charge in [0.1, 0.15) is 23.8 Å². The van der Waals surface area contributed by atoms with Crippen molar-refractivity contribution >= 4 is 5.91 Å². The normalized spacial score (nSPS) is 18.5. The van der Waals surface area contributed by atoms with Crippen LogP contribution < -0.4 is 14.8 Å². The lowest BCUT2D eigenvalue weighted by atomic mass is 9.73. The molecular weight excluding hydrogens is 454 g/mol. The van der Waals surface area contributed by atoms with E-state index in [2.05, 4.69) is 32.7 Å². The Morgan fingerprint density at radius 1 is 1.06 bits per heavy atom. The molecule has 8 heteroatoms. The number of hydrogen-bond acceptors (Lipinski definition) is 6. The van der Waals surface area contributed by atoms with Crippen molar-refractivity contribution in [2.75, 3.05) is 19.7 Å². The summed E-state index contributed by atoms with van der Waals surface area (Å²) in [6.45, 7) is 6.91. The van der Waals surface area contributed by atoms with Crippen molar-refractivity contribution in [1.29, 1.82) is 0 Å². The van der Waals surface area contributed by atoms with E-state index in [4.69, 9.17) is 9.47 Å². The van der Waals surface area contributed by atoms with E-state index in [0.717, 1.165) is 74.6 Å². The topological polar surface area (TPSA) is 81.5 Å². The number of aromatic nitrogens is 3. The Labute approximate surface area is 212 Å². The first-order chi connectivity index (χ1) is 17.6. The predicted molar refractivity (Wildman–Crippen MR) is 136 cm³/mol. The molecule has 1 aromatic heterocycles. The number of aryl methyl sites for hydroxylation is 1. The summed E-state index contributed by atoms with van der Waals surface area (Å²) in [7, 11) is 0. The van der Waals surface area contributed by atoms with Crippen molar-refractivity contribution in [3.05, 3.63) is 71.5 Å². The maximum atomic E-state index is 13.6. The van der Waals surface area contributed by atoms with Gasteiger partial charge >= 0.3 is 0 Å². The molecule has 1 fully saturated rings. The number of rotatable bonds is 4. The Morgan fingerprint density at radius 2 is 1.86 bits per heavy atom. The van der Waals surface area contributed by atoms with Gasteiger partial charge in [-0.25, -0.2) is 0 Å². The Morgan fingerprint density at radius 3 is 2.67 bits per heavy atom. The van der Waals surface area contributed by atoms with Crippen molar-refractivity contribution in [1.82, 2.24) is 25.2 Å². The largest absolute Gasteiger partial charge is 0.494 e. The maximum absolute atomic E-state index is 13.6.